The molecule has 0 spiro atoms. The summed E-state index contributed by atoms with van der Waals surface area (Å²) in [5, 5.41) is 8.66. The molecule has 0 saturated carbocycles. The fraction of sp³-hybridized carbons (Fsp3) is 0. The van der Waals surface area contributed by atoms with Gasteiger partial charge in [0.1, 0.15) is 10.7 Å². The van der Waals surface area contributed by atoms with E-state index in [0.717, 1.165) is 4.60 Å². The van der Waals surface area contributed by atoms with Gasteiger partial charge in [0, 0.05) is 12.4 Å². The normalized spacial score (nSPS) is 10.0. The Balaban J connectivity index is 2.92. The highest BCUT2D eigenvalue weighted by Crippen LogP contribution is 2.13. The predicted molar refractivity (Wildman–Crippen MR) is 45.4 cm³/mol. The van der Waals surface area contributed by atoms with Gasteiger partial charge in [-0.2, -0.15) is 5.26 Å². The van der Waals surface area contributed by atoms with E-state index in [1.807, 2.05) is 6.07 Å². The number of aromatic nitrogens is 3. The van der Waals surface area contributed by atoms with Crippen molar-refractivity contribution in [3.05, 3.63) is 28.9 Å². The van der Waals surface area contributed by atoms with E-state index in [4.69, 9.17) is 5.26 Å². The first-order valence-electron chi connectivity index (χ1n) is 3.20. The summed E-state index contributed by atoms with van der Waals surface area (Å²) in [6.07, 6.45) is 4.95. The molecular weight excluding hydrogens is 220 g/mol. The molecule has 12 heavy (non-hydrogen) atoms. The van der Waals surface area contributed by atoms with E-state index in [9.17, 15) is 0 Å². The summed E-state index contributed by atoms with van der Waals surface area (Å²) in [4.78, 5) is 7.89. The molecule has 0 aliphatic rings. The van der Waals surface area contributed by atoms with E-state index in [1.165, 1.54) is 0 Å². The first-order valence-corrected chi connectivity index (χ1v) is 4.00. The Bertz CT molecular complexity index is 468. The van der Waals surface area contributed by atoms with E-state index in [2.05, 4.69) is 25.9 Å². The van der Waals surface area contributed by atoms with E-state index < -0.39 is 0 Å². The fourth-order valence-corrected chi connectivity index (χ4v) is 1.36. The molecule has 0 saturated heterocycles. The third-order valence-corrected chi connectivity index (χ3v) is 2.08. The molecule has 4 nitrogen and oxygen atoms in total. The van der Waals surface area contributed by atoms with Crippen molar-refractivity contribution in [2.75, 3.05) is 0 Å². The molecule has 0 aromatic carbocycles. The van der Waals surface area contributed by atoms with Gasteiger partial charge in [0.25, 0.3) is 0 Å². The molecule has 2 heterocycles. The number of imidazole rings is 1. The van der Waals surface area contributed by atoms with Crippen LogP contribution >= 0.6 is 15.9 Å². The highest BCUT2D eigenvalue weighted by atomic mass is 79.9. The first kappa shape index (κ1) is 7.25. The summed E-state index contributed by atoms with van der Waals surface area (Å²) >= 11 is 3.29. The number of hydrogen-bond acceptors (Lipinski definition) is 3. The molecule has 0 bridgehead atoms. The summed E-state index contributed by atoms with van der Waals surface area (Å²) in [7, 11) is 0. The molecule has 0 aliphatic heterocycles. The van der Waals surface area contributed by atoms with Crippen LogP contribution in [0.1, 0.15) is 5.69 Å². The zero-order valence-electron chi connectivity index (χ0n) is 5.90. The molecule has 0 unspecified atom stereocenters. The van der Waals surface area contributed by atoms with Crippen LogP contribution in [0.4, 0.5) is 0 Å². The lowest BCUT2D eigenvalue weighted by molar-refractivity contribution is 1.09. The van der Waals surface area contributed by atoms with Crippen LogP contribution in [0.15, 0.2) is 23.2 Å². The van der Waals surface area contributed by atoms with Gasteiger partial charge < -0.3 is 0 Å². The first-order chi connectivity index (χ1) is 5.83. The number of halogens is 1. The highest BCUT2D eigenvalue weighted by Gasteiger charge is 2.04. The van der Waals surface area contributed by atoms with E-state index in [1.54, 1.807) is 23.0 Å². The zero-order chi connectivity index (χ0) is 8.55. The van der Waals surface area contributed by atoms with Crippen molar-refractivity contribution >= 4 is 21.6 Å². The van der Waals surface area contributed by atoms with Crippen molar-refractivity contribution in [1.29, 1.82) is 5.26 Å². The molecule has 5 heteroatoms. The average Bonchev–Trinajstić information content (AvgIpc) is 2.48. The minimum atomic E-state index is 0.336. The molecule has 0 fully saturated rings. The second-order valence-corrected chi connectivity index (χ2v) is 2.97. The van der Waals surface area contributed by atoms with Gasteiger partial charge in [-0.1, -0.05) is 0 Å². The van der Waals surface area contributed by atoms with Crippen LogP contribution in [0.25, 0.3) is 5.65 Å². The van der Waals surface area contributed by atoms with Crippen molar-refractivity contribution in [2.24, 2.45) is 0 Å². The van der Waals surface area contributed by atoms with Gasteiger partial charge in [0.15, 0.2) is 11.3 Å². The maximum absolute atomic E-state index is 8.66. The quantitative estimate of drug-likeness (QED) is 0.677. The van der Waals surface area contributed by atoms with E-state index >= 15 is 0 Å². The zero-order valence-corrected chi connectivity index (χ0v) is 7.48. The van der Waals surface area contributed by atoms with Gasteiger partial charge in [-0.15, -0.1) is 0 Å². The van der Waals surface area contributed by atoms with E-state index in [0.29, 0.717) is 11.3 Å². The summed E-state index contributed by atoms with van der Waals surface area (Å²) in [5.41, 5.74) is 0.912. The van der Waals surface area contributed by atoms with Crippen molar-refractivity contribution in [2.45, 2.75) is 0 Å². The van der Waals surface area contributed by atoms with Crippen LogP contribution in [-0.4, -0.2) is 14.4 Å². The van der Waals surface area contributed by atoms with Crippen molar-refractivity contribution in [1.82, 2.24) is 14.4 Å². The number of rotatable bonds is 0. The van der Waals surface area contributed by atoms with Gasteiger partial charge in [0.05, 0.1) is 6.20 Å². The Morgan fingerprint density at radius 3 is 3.08 bits per heavy atom. The number of nitrogens with zero attached hydrogens (tertiary/aromatic N) is 4. The molecule has 58 valence electrons. The topological polar surface area (TPSA) is 54.0 Å². The monoisotopic (exact) mass is 222 g/mol. The average molecular weight is 223 g/mol. The van der Waals surface area contributed by atoms with Crippen LogP contribution in [-0.2, 0) is 0 Å². The lowest BCUT2D eigenvalue weighted by atomic mass is 10.5. The Morgan fingerprint density at radius 1 is 1.50 bits per heavy atom. The van der Waals surface area contributed by atoms with Crippen LogP contribution in [0, 0.1) is 11.3 Å². The highest BCUT2D eigenvalue weighted by molar-refractivity contribution is 9.10. The molecule has 2 aromatic rings. The fourth-order valence-electron chi connectivity index (χ4n) is 0.968. The number of nitriles is 1. The summed E-state index contributed by atoms with van der Waals surface area (Å²) in [5.74, 6) is 0. The third kappa shape index (κ3) is 0.889. The van der Waals surface area contributed by atoms with Crippen LogP contribution in [0.5, 0.6) is 0 Å². The Labute approximate surface area is 76.6 Å². The van der Waals surface area contributed by atoms with Crippen LogP contribution < -0.4 is 0 Å². The van der Waals surface area contributed by atoms with Crippen LogP contribution in [0.3, 0.4) is 0 Å². The van der Waals surface area contributed by atoms with Crippen molar-refractivity contribution < 1.29 is 0 Å². The molecule has 0 aliphatic carbocycles. The second-order valence-electron chi connectivity index (χ2n) is 2.16. The standard InChI is InChI=1S/C7H3BrN4/c8-6-4-11-7-5(3-9)10-1-2-12(6)7/h1-2,4H. The predicted octanol–water partition coefficient (Wildman–Crippen LogP) is 1.36. The molecule has 2 rings (SSSR count). The third-order valence-electron chi connectivity index (χ3n) is 1.49. The molecule has 0 atom stereocenters. The molecule has 0 amide bonds. The molecule has 0 radical (unpaired) electrons. The summed E-state index contributed by atoms with van der Waals surface area (Å²) < 4.78 is 2.57. The van der Waals surface area contributed by atoms with Gasteiger partial charge in [-0.3, -0.25) is 4.40 Å². The maximum atomic E-state index is 8.66. The van der Waals surface area contributed by atoms with Gasteiger partial charge in [-0.25, -0.2) is 9.97 Å². The van der Waals surface area contributed by atoms with E-state index in [-0.39, 0.29) is 0 Å². The SMILES string of the molecule is N#Cc1nccn2c(Br)cnc12. The Kier molecular flexibility index (Phi) is 1.55. The van der Waals surface area contributed by atoms with Crippen LogP contribution in [0.2, 0.25) is 0 Å². The lowest BCUT2D eigenvalue weighted by Gasteiger charge is -1.93. The lowest BCUT2D eigenvalue weighted by Crippen LogP contribution is -1.91. The van der Waals surface area contributed by atoms with Crippen molar-refractivity contribution in [3.63, 3.8) is 0 Å². The largest absolute Gasteiger partial charge is 0.290 e. The Morgan fingerprint density at radius 2 is 2.33 bits per heavy atom. The molecular formula is C7H3BrN4. The molecule has 2 aromatic heterocycles. The van der Waals surface area contributed by atoms with Gasteiger partial charge in [0.2, 0.25) is 0 Å². The minimum Gasteiger partial charge on any atom is -0.290 e. The minimum absolute atomic E-state index is 0.336. The summed E-state index contributed by atoms with van der Waals surface area (Å²) in [6, 6.07) is 1.97. The smallest absolute Gasteiger partial charge is 0.183 e. The van der Waals surface area contributed by atoms with Gasteiger partial charge in [-0.05, 0) is 15.9 Å². The van der Waals surface area contributed by atoms with Gasteiger partial charge >= 0.3 is 0 Å². The number of hydrogen-bond donors (Lipinski definition) is 0. The summed E-state index contributed by atoms with van der Waals surface area (Å²) in [6.45, 7) is 0. The number of fused-ring (bicyclic) bond motifs is 1. The van der Waals surface area contributed by atoms with Crippen molar-refractivity contribution in [3.8, 4) is 6.07 Å². The second kappa shape index (κ2) is 2.57. The molecule has 0 N–H and O–H groups in total. The maximum Gasteiger partial charge on any atom is 0.183 e. The Hall–Kier alpha value is -1.41.